The largest absolute Gasteiger partial charge is 0.341 e. The lowest BCUT2D eigenvalue weighted by Gasteiger charge is -2.17. The number of fused-ring (bicyclic) bond motifs is 1. The molecule has 1 aliphatic rings. The molecule has 1 aromatic carbocycles. The highest BCUT2D eigenvalue weighted by Crippen LogP contribution is 2.26. The van der Waals surface area contributed by atoms with Crippen molar-refractivity contribution >= 4 is 16.8 Å². The third-order valence-corrected chi connectivity index (χ3v) is 3.83. The normalized spacial score (nSPS) is 15.0. The molecule has 3 heteroatoms. The second-order valence-corrected chi connectivity index (χ2v) is 5.19. The highest BCUT2D eigenvalue weighted by atomic mass is 16.2. The number of aryl methyl sites for hydroxylation is 1. The molecule has 3 nitrogen and oxygen atoms in total. The molecule has 94 valence electrons. The number of amides is 1. The van der Waals surface area contributed by atoms with E-state index >= 15 is 0 Å². The minimum atomic E-state index is 0.205. The van der Waals surface area contributed by atoms with Crippen molar-refractivity contribution in [2.45, 2.75) is 32.4 Å². The average molecular weight is 242 g/mol. The van der Waals surface area contributed by atoms with E-state index in [2.05, 4.69) is 25.1 Å². The van der Waals surface area contributed by atoms with Gasteiger partial charge in [-0.25, -0.2) is 0 Å². The van der Waals surface area contributed by atoms with Crippen LogP contribution in [-0.4, -0.2) is 28.5 Å². The quantitative estimate of drug-likeness (QED) is 0.812. The maximum absolute atomic E-state index is 12.1. The number of nitrogens with zero attached hydrogens (tertiary/aromatic N) is 2. The van der Waals surface area contributed by atoms with Crippen LogP contribution < -0.4 is 0 Å². The van der Waals surface area contributed by atoms with E-state index < -0.39 is 0 Å². The van der Waals surface area contributed by atoms with Gasteiger partial charge in [-0.1, -0.05) is 12.1 Å². The Morgan fingerprint density at radius 3 is 2.89 bits per heavy atom. The SMILES string of the molecule is Cc1cccc2c1ccn2CC(=O)N(C)C1CC1. The van der Waals surface area contributed by atoms with E-state index in [1.807, 2.05) is 28.8 Å². The summed E-state index contributed by atoms with van der Waals surface area (Å²) in [7, 11) is 1.91. The molecule has 1 amide bonds. The molecule has 0 unspecified atom stereocenters. The fourth-order valence-electron chi connectivity index (χ4n) is 2.44. The lowest BCUT2D eigenvalue weighted by atomic mass is 10.1. The number of carbonyl (C=O) groups excluding carboxylic acids is 1. The molecule has 3 rings (SSSR count). The molecule has 0 spiro atoms. The molecule has 0 atom stereocenters. The van der Waals surface area contributed by atoms with E-state index in [0.717, 1.165) is 18.4 Å². The summed E-state index contributed by atoms with van der Waals surface area (Å²) >= 11 is 0. The zero-order valence-corrected chi connectivity index (χ0v) is 10.9. The zero-order chi connectivity index (χ0) is 12.7. The Labute approximate surface area is 107 Å². The molecule has 0 saturated heterocycles. The van der Waals surface area contributed by atoms with Crippen molar-refractivity contribution < 1.29 is 4.79 Å². The smallest absolute Gasteiger partial charge is 0.242 e. The summed E-state index contributed by atoms with van der Waals surface area (Å²) < 4.78 is 2.05. The van der Waals surface area contributed by atoms with Crippen LogP contribution in [0.15, 0.2) is 30.5 Å². The number of aromatic nitrogens is 1. The first-order valence-electron chi connectivity index (χ1n) is 6.47. The van der Waals surface area contributed by atoms with Gasteiger partial charge in [0.15, 0.2) is 0 Å². The summed E-state index contributed by atoms with van der Waals surface area (Å²) in [5.74, 6) is 0.205. The van der Waals surface area contributed by atoms with Crippen LogP contribution >= 0.6 is 0 Å². The van der Waals surface area contributed by atoms with Crippen molar-refractivity contribution in [2.24, 2.45) is 0 Å². The van der Waals surface area contributed by atoms with Gasteiger partial charge in [-0.15, -0.1) is 0 Å². The fraction of sp³-hybridized carbons (Fsp3) is 0.400. The number of hydrogen-bond donors (Lipinski definition) is 0. The maximum Gasteiger partial charge on any atom is 0.242 e. The zero-order valence-electron chi connectivity index (χ0n) is 10.9. The standard InChI is InChI=1S/C15H18N2O/c1-11-4-3-5-14-13(11)8-9-17(14)10-15(18)16(2)12-6-7-12/h3-5,8-9,12H,6-7,10H2,1-2H3. The van der Waals surface area contributed by atoms with Gasteiger partial charge in [-0.2, -0.15) is 0 Å². The van der Waals surface area contributed by atoms with Gasteiger partial charge in [0, 0.05) is 30.2 Å². The van der Waals surface area contributed by atoms with Crippen molar-refractivity contribution in [3.05, 3.63) is 36.0 Å². The lowest BCUT2D eigenvalue weighted by Crippen LogP contribution is -2.31. The van der Waals surface area contributed by atoms with E-state index in [1.54, 1.807) is 0 Å². The van der Waals surface area contributed by atoms with Gasteiger partial charge in [0.2, 0.25) is 5.91 Å². The monoisotopic (exact) mass is 242 g/mol. The molecule has 0 aliphatic heterocycles. The van der Waals surface area contributed by atoms with Crippen molar-refractivity contribution in [1.82, 2.24) is 9.47 Å². The first kappa shape index (κ1) is 11.3. The third-order valence-electron chi connectivity index (χ3n) is 3.83. The summed E-state index contributed by atoms with van der Waals surface area (Å²) in [6.07, 6.45) is 4.33. The summed E-state index contributed by atoms with van der Waals surface area (Å²) in [6, 6.07) is 8.80. The summed E-state index contributed by atoms with van der Waals surface area (Å²) in [6.45, 7) is 2.55. The Morgan fingerprint density at radius 2 is 2.17 bits per heavy atom. The van der Waals surface area contributed by atoms with E-state index in [4.69, 9.17) is 0 Å². The van der Waals surface area contributed by atoms with Crippen LogP contribution in [0.25, 0.3) is 10.9 Å². The fourth-order valence-corrected chi connectivity index (χ4v) is 2.44. The van der Waals surface area contributed by atoms with Crippen LogP contribution in [0.5, 0.6) is 0 Å². The third kappa shape index (κ3) is 1.90. The predicted octanol–water partition coefficient (Wildman–Crippen LogP) is 2.57. The number of benzene rings is 1. The Morgan fingerprint density at radius 1 is 1.39 bits per heavy atom. The highest BCUT2D eigenvalue weighted by molar-refractivity contribution is 5.85. The van der Waals surface area contributed by atoms with Gasteiger partial charge in [0.1, 0.15) is 6.54 Å². The van der Waals surface area contributed by atoms with Crippen LogP contribution in [0, 0.1) is 6.92 Å². The van der Waals surface area contributed by atoms with Gasteiger partial charge in [-0.05, 0) is 37.5 Å². The van der Waals surface area contributed by atoms with Gasteiger partial charge in [-0.3, -0.25) is 4.79 Å². The van der Waals surface area contributed by atoms with E-state index in [0.29, 0.717) is 12.6 Å². The molecule has 1 aromatic heterocycles. The maximum atomic E-state index is 12.1. The van der Waals surface area contributed by atoms with E-state index in [9.17, 15) is 4.79 Å². The van der Waals surface area contributed by atoms with Gasteiger partial charge < -0.3 is 9.47 Å². The summed E-state index contributed by atoms with van der Waals surface area (Å²) in [5.41, 5.74) is 2.40. The van der Waals surface area contributed by atoms with E-state index in [1.165, 1.54) is 10.9 Å². The minimum Gasteiger partial charge on any atom is -0.341 e. The van der Waals surface area contributed by atoms with Crippen molar-refractivity contribution in [3.63, 3.8) is 0 Å². The van der Waals surface area contributed by atoms with Gasteiger partial charge >= 0.3 is 0 Å². The van der Waals surface area contributed by atoms with E-state index in [-0.39, 0.29) is 5.91 Å². The molecule has 0 radical (unpaired) electrons. The number of rotatable bonds is 3. The predicted molar refractivity (Wildman–Crippen MR) is 72.5 cm³/mol. The number of carbonyl (C=O) groups is 1. The highest BCUT2D eigenvalue weighted by Gasteiger charge is 2.29. The molecule has 1 aliphatic carbocycles. The summed E-state index contributed by atoms with van der Waals surface area (Å²) in [5, 5.41) is 1.24. The van der Waals surface area contributed by atoms with Crippen molar-refractivity contribution in [3.8, 4) is 0 Å². The van der Waals surface area contributed by atoms with Crippen molar-refractivity contribution in [2.75, 3.05) is 7.05 Å². The molecule has 2 aromatic rings. The Hall–Kier alpha value is -1.77. The molecule has 1 saturated carbocycles. The van der Waals surface area contributed by atoms with Crippen LogP contribution in [0.1, 0.15) is 18.4 Å². The molecule has 18 heavy (non-hydrogen) atoms. The molecule has 1 fully saturated rings. The Bertz CT molecular complexity index is 596. The van der Waals surface area contributed by atoms with Crippen LogP contribution in [-0.2, 0) is 11.3 Å². The Balaban J connectivity index is 1.86. The number of hydrogen-bond acceptors (Lipinski definition) is 1. The average Bonchev–Trinajstić information content (AvgIpc) is 3.12. The van der Waals surface area contributed by atoms with Crippen molar-refractivity contribution in [1.29, 1.82) is 0 Å². The van der Waals surface area contributed by atoms with Gasteiger partial charge in [0.05, 0.1) is 0 Å². The Kier molecular flexibility index (Phi) is 2.62. The first-order chi connectivity index (χ1) is 8.66. The van der Waals surface area contributed by atoms with Crippen LogP contribution in [0.2, 0.25) is 0 Å². The molecular weight excluding hydrogens is 224 g/mol. The summed E-state index contributed by atoms with van der Waals surface area (Å²) in [4.78, 5) is 14.0. The number of likely N-dealkylation sites (N-methyl/N-ethyl adjacent to an activating group) is 1. The minimum absolute atomic E-state index is 0.205. The molecular formula is C15H18N2O. The second kappa shape index (κ2) is 4.16. The molecule has 1 heterocycles. The van der Waals surface area contributed by atoms with Crippen LogP contribution in [0.3, 0.4) is 0 Å². The molecule has 0 bridgehead atoms. The lowest BCUT2D eigenvalue weighted by molar-refractivity contribution is -0.130. The first-order valence-corrected chi connectivity index (χ1v) is 6.47. The molecule has 0 N–H and O–H groups in total. The topological polar surface area (TPSA) is 25.2 Å². The van der Waals surface area contributed by atoms with Gasteiger partial charge in [0.25, 0.3) is 0 Å². The van der Waals surface area contributed by atoms with Crippen LogP contribution in [0.4, 0.5) is 0 Å². The second-order valence-electron chi connectivity index (χ2n) is 5.19.